The first-order chi connectivity index (χ1) is 10.0. The topological polar surface area (TPSA) is 49.8 Å². The molecule has 1 aliphatic rings. The summed E-state index contributed by atoms with van der Waals surface area (Å²) in [5.41, 5.74) is 0.797. The monoisotopic (exact) mass is 289 g/mol. The van der Waals surface area contributed by atoms with Crippen LogP contribution in [0.1, 0.15) is 20.3 Å². The highest BCUT2D eigenvalue weighted by molar-refractivity contribution is 6.03. The van der Waals surface area contributed by atoms with Crippen molar-refractivity contribution >= 4 is 11.6 Å². The van der Waals surface area contributed by atoms with Crippen molar-refractivity contribution in [3.8, 4) is 5.75 Å². The number of anilines is 1. The summed E-state index contributed by atoms with van der Waals surface area (Å²) in [5.74, 6) is 0.886. The molecule has 2 rings (SSSR count). The van der Waals surface area contributed by atoms with Gasteiger partial charge in [0, 0.05) is 5.69 Å². The van der Waals surface area contributed by atoms with Crippen LogP contribution >= 0.6 is 0 Å². The highest BCUT2D eigenvalue weighted by Gasteiger charge is 2.52. The highest BCUT2D eigenvalue weighted by atomic mass is 16.5. The molecular weight excluding hydrogens is 266 g/mol. The molecule has 1 aromatic rings. The minimum absolute atomic E-state index is 0.0725. The molecule has 0 aliphatic carbocycles. The van der Waals surface area contributed by atoms with Gasteiger partial charge in [-0.05, 0) is 36.6 Å². The maximum absolute atomic E-state index is 12.4. The van der Waals surface area contributed by atoms with Crippen LogP contribution in [0, 0.1) is 11.8 Å². The van der Waals surface area contributed by atoms with E-state index in [2.05, 4.69) is 6.58 Å². The van der Waals surface area contributed by atoms with Gasteiger partial charge in [-0.15, -0.1) is 6.58 Å². The molecule has 4 heteroatoms. The van der Waals surface area contributed by atoms with E-state index in [4.69, 9.17) is 4.74 Å². The molecular formula is C17H23NO3. The minimum atomic E-state index is -0.588. The summed E-state index contributed by atoms with van der Waals surface area (Å²) in [6, 6.07) is 7.15. The van der Waals surface area contributed by atoms with Crippen molar-refractivity contribution in [2.24, 2.45) is 11.8 Å². The molecule has 21 heavy (non-hydrogen) atoms. The van der Waals surface area contributed by atoms with E-state index in [0.29, 0.717) is 6.42 Å². The lowest BCUT2D eigenvalue weighted by molar-refractivity contribution is -0.135. The van der Waals surface area contributed by atoms with Crippen molar-refractivity contribution < 1.29 is 14.6 Å². The van der Waals surface area contributed by atoms with E-state index >= 15 is 0 Å². The Kier molecular flexibility index (Phi) is 4.68. The van der Waals surface area contributed by atoms with Crippen LogP contribution in [0.5, 0.6) is 5.75 Å². The Morgan fingerprint density at radius 2 is 2.00 bits per heavy atom. The molecule has 1 heterocycles. The molecule has 1 amide bonds. The number of hydrogen-bond donors (Lipinski definition) is 1. The van der Waals surface area contributed by atoms with Crippen LogP contribution in [-0.2, 0) is 4.79 Å². The number of ether oxygens (including phenoxy) is 1. The van der Waals surface area contributed by atoms with Gasteiger partial charge in [-0.1, -0.05) is 19.9 Å². The Hall–Kier alpha value is -1.81. The molecule has 0 unspecified atom stereocenters. The van der Waals surface area contributed by atoms with Crippen LogP contribution in [0.25, 0.3) is 0 Å². The predicted molar refractivity (Wildman–Crippen MR) is 83.4 cm³/mol. The number of hydrogen-bond acceptors (Lipinski definition) is 3. The van der Waals surface area contributed by atoms with E-state index in [1.807, 2.05) is 38.1 Å². The summed E-state index contributed by atoms with van der Waals surface area (Å²) in [4.78, 5) is 14.1. The lowest BCUT2D eigenvalue weighted by Gasteiger charge is -2.51. The zero-order chi connectivity index (χ0) is 15.6. The van der Waals surface area contributed by atoms with Gasteiger partial charge in [0.2, 0.25) is 5.91 Å². The van der Waals surface area contributed by atoms with Gasteiger partial charge in [-0.3, -0.25) is 4.79 Å². The Morgan fingerprint density at radius 1 is 1.38 bits per heavy atom. The van der Waals surface area contributed by atoms with Gasteiger partial charge in [0.15, 0.2) is 0 Å². The molecule has 114 valence electrons. The largest absolute Gasteiger partial charge is 0.497 e. The van der Waals surface area contributed by atoms with Crippen LogP contribution in [0.15, 0.2) is 36.9 Å². The lowest BCUT2D eigenvalue weighted by Crippen LogP contribution is -2.67. The zero-order valence-corrected chi connectivity index (χ0v) is 12.8. The van der Waals surface area contributed by atoms with Gasteiger partial charge in [0.05, 0.1) is 25.2 Å². The third-order valence-electron chi connectivity index (χ3n) is 4.06. The van der Waals surface area contributed by atoms with Crippen molar-refractivity contribution in [3.63, 3.8) is 0 Å². The molecule has 0 radical (unpaired) electrons. The normalized spacial score (nSPS) is 22.9. The first kappa shape index (κ1) is 15.6. The Balaban J connectivity index is 2.27. The average Bonchev–Trinajstić information content (AvgIpc) is 2.45. The van der Waals surface area contributed by atoms with Crippen LogP contribution in [0.4, 0.5) is 5.69 Å². The Bertz CT molecular complexity index is 509. The fraction of sp³-hybridized carbons (Fsp3) is 0.471. The first-order valence-corrected chi connectivity index (χ1v) is 7.27. The summed E-state index contributed by atoms with van der Waals surface area (Å²) in [6.07, 6.45) is 1.58. The minimum Gasteiger partial charge on any atom is -0.497 e. The smallest absolute Gasteiger partial charge is 0.232 e. The maximum atomic E-state index is 12.4. The van der Waals surface area contributed by atoms with Gasteiger partial charge in [-0.2, -0.15) is 0 Å². The van der Waals surface area contributed by atoms with E-state index in [-0.39, 0.29) is 23.8 Å². The summed E-state index contributed by atoms with van der Waals surface area (Å²) in [6.45, 7) is 7.70. The lowest BCUT2D eigenvalue weighted by atomic mass is 9.75. The number of aliphatic hydroxyl groups excluding tert-OH is 1. The number of β-lactam (4-membered cyclic amide) rings is 1. The number of nitrogens with zero attached hydrogens (tertiary/aromatic N) is 1. The molecule has 1 N–H and O–H groups in total. The second-order valence-corrected chi connectivity index (χ2v) is 5.76. The number of aliphatic hydroxyl groups is 1. The van der Waals surface area contributed by atoms with Crippen molar-refractivity contribution in [2.45, 2.75) is 32.4 Å². The number of methoxy groups -OCH3 is 1. The van der Waals surface area contributed by atoms with Gasteiger partial charge < -0.3 is 14.7 Å². The second kappa shape index (κ2) is 6.31. The molecule has 1 fully saturated rings. The SMILES string of the molecule is C=CC[C@H](O)[C@@H]1[C@H](C(C)C)C(=O)N1c1ccc(OC)cc1. The van der Waals surface area contributed by atoms with E-state index in [9.17, 15) is 9.90 Å². The number of benzene rings is 1. The van der Waals surface area contributed by atoms with E-state index in [1.54, 1.807) is 18.1 Å². The Labute approximate surface area is 126 Å². The fourth-order valence-corrected chi connectivity index (χ4v) is 2.98. The van der Waals surface area contributed by atoms with Crippen LogP contribution in [0.3, 0.4) is 0 Å². The zero-order valence-electron chi connectivity index (χ0n) is 12.8. The summed E-state index contributed by atoms with van der Waals surface area (Å²) < 4.78 is 5.13. The van der Waals surface area contributed by atoms with E-state index in [0.717, 1.165) is 11.4 Å². The molecule has 1 aliphatic heterocycles. The summed E-state index contributed by atoms with van der Waals surface area (Å²) >= 11 is 0. The molecule has 0 aromatic heterocycles. The molecule has 0 spiro atoms. The van der Waals surface area contributed by atoms with Gasteiger partial charge in [-0.25, -0.2) is 0 Å². The summed E-state index contributed by atoms with van der Waals surface area (Å²) in [7, 11) is 1.61. The molecule has 0 saturated carbocycles. The maximum Gasteiger partial charge on any atom is 0.232 e. The molecule has 0 bridgehead atoms. The number of carbonyl (C=O) groups is 1. The van der Waals surface area contributed by atoms with E-state index in [1.165, 1.54) is 0 Å². The molecule has 1 saturated heterocycles. The predicted octanol–water partition coefficient (Wildman–Crippen LogP) is 2.62. The molecule has 4 nitrogen and oxygen atoms in total. The fourth-order valence-electron chi connectivity index (χ4n) is 2.98. The quantitative estimate of drug-likeness (QED) is 0.647. The average molecular weight is 289 g/mol. The molecule has 3 atom stereocenters. The third-order valence-corrected chi connectivity index (χ3v) is 4.06. The van der Waals surface area contributed by atoms with Crippen LogP contribution in [0.2, 0.25) is 0 Å². The summed E-state index contributed by atoms with van der Waals surface area (Å²) in [5, 5.41) is 10.3. The van der Waals surface area contributed by atoms with Gasteiger partial charge in [0.25, 0.3) is 0 Å². The second-order valence-electron chi connectivity index (χ2n) is 5.76. The highest BCUT2D eigenvalue weighted by Crippen LogP contribution is 2.39. The number of rotatable bonds is 6. The first-order valence-electron chi connectivity index (χ1n) is 7.27. The third kappa shape index (κ3) is 2.81. The van der Waals surface area contributed by atoms with Crippen molar-refractivity contribution in [1.29, 1.82) is 0 Å². The van der Waals surface area contributed by atoms with Crippen molar-refractivity contribution in [1.82, 2.24) is 0 Å². The van der Waals surface area contributed by atoms with Gasteiger partial charge in [0.1, 0.15) is 5.75 Å². The van der Waals surface area contributed by atoms with E-state index < -0.39 is 6.10 Å². The van der Waals surface area contributed by atoms with Gasteiger partial charge >= 0.3 is 0 Å². The van der Waals surface area contributed by atoms with Crippen LogP contribution < -0.4 is 9.64 Å². The van der Waals surface area contributed by atoms with Crippen LogP contribution in [-0.4, -0.2) is 30.3 Å². The number of carbonyl (C=O) groups excluding carboxylic acids is 1. The molecule has 1 aromatic carbocycles. The van der Waals surface area contributed by atoms with Crippen molar-refractivity contribution in [3.05, 3.63) is 36.9 Å². The standard InChI is InChI=1S/C17H23NO3/c1-5-6-14(19)16-15(11(2)3)17(20)18(16)12-7-9-13(21-4)10-8-12/h5,7-11,14-16,19H,1,6H2,2-4H3/t14-,15-,16+/m0/s1. The number of amides is 1. The van der Waals surface area contributed by atoms with Crippen molar-refractivity contribution in [2.75, 3.05) is 12.0 Å². The Morgan fingerprint density at radius 3 is 2.48 bits per heavy atom.